The molecule has 0 aromatic heterocycles. The maximum absolute atomic E-state index is 12.4. The second-order valence-corrected chi connectivity index (χ2v) is 5.82. The van der Waals surface area contributed by atoms with Crippen molar-refractivity contribution in [2.45, 2.75) is 25.7 Å². The summed E-state index contributed by atoms with van der Waals surface area (Å²) in [6.45, 7) is 0. The van der Waals surface area contributed by atoms with Crippen LogP contribution in [0.5, 0.6) is 0 Å². The molecule has 1 aromatic carbocycles. The lowest BCUT2D eigenvalue weighted by Gasteiger charge is -2.19. The van der Waals surface area contributed by atoms with Crippen LogP contribution in [0.25, 0.3) is 0 Å². The van der Waals surface area contributed by atoms with Gasteiger partial charge in [-0.05, 0) is 40.9 Å². The van der Waals surface area contributed by atoms with Crippen LogP contribution in [-0.4, -0.2) is 11.8 Å². The van der Waals surface area contributed by atoms with E-state index < -0.39 is 0 Å². The Labute approximate surface area is 114 Å². The van der Waals surface area contributed by atoms with Gasteiger partial charge in [0.15, 0.2) is 0 Å². The first-order valence-corrected chi connectivity index (χ1v) is 7.12. The fourth-order valence-electron chi connectivity index (χ4n) is 3.03. The van der Waals surface area contributed by atoms with Gasteiger partial charge in [-0.15, -0.1) is 0 Å². The standard InChI is InChI=1S/C14H14BrNO2/c15-11-7-3-4-8-12(11)16-13(17)9-5-1-2-6-10(9)14(16)18/h3-4,7-10H,1-2,5-6H2. The lowest BCUT2D eigenvalue weighted by atomic mass is 9.81. The van der Waals surface area contributed by atoms with Gasteiger partial charge in [0.05, 0.1) is 17.5 Å². The van der Waals surface area contributed by atoms with Crippen molar-refractivity contribution >= 4 is 33.4 Å². The minimum absolute atomic E-state index is 0.0170. The number of hydrogen-bond donors (Lipinski definition) is 0. The normalized spacial score (nSPS) is 27.5. The van der Waals surface area contributed by atoms with Crippen molar-refractivity contribution in [2.24, 2.45) is 11.8 Å². The molecule has 1 aromatic rings. The zero-order valence-electron chi connectivity index (χ0n) is 9.93. The van der Waals surface area contributed by atoms with E-state index in [1.54, 1.807) is 0 Å². The number of imide groups is 1. The molecule has 94 valence electrons. The maximum Gasteiger partial charge on any atom is 0.237 e. The molecule has 0 N–H and O–H groups in total. The number of rotatable bonds is 1. The van der Waals surface area contributed by atoms with Gasteiger partial charge in [0.2, 0.25) is 11.8 Å². The van der Waals surface area contributed by atoms with Crippen LogP contribution >= 0.6 is 15.9 Å². The van der Waals surface area contributed by atoms with Gasteiger partial charge in [0.1, 0.15) is 0 Å². The molecular weight excluding hydrogens is 294 g/mol. The van der Waals surface area contributed by atoms with Crippen molar-refractivity contribution in [2.75, 3.05) is 4.90 Å². The summed E-state index contributed by atoms with van der Waals surface area (Å²) in [5.74, 6) is -0.204. The smallest absolute Gasteiger partial charge is 0.237 e. The molecule has 1 aliphatic carbocycles. The quantitative estimate of drug-likeness (QED) is 0.748. The zero-order valence-corrected chi connectivity index (χ0v) is 11.5. The summed E-state index contributed by atoms with van der Waals surface area (Å²) in [6, 6.07) is 7.41. The average Bonchev–Trinajstić information content (AvgIpc) is 2.64. The highest BCUT2D eigenvalue weighted by atomic mass is 79.9. The molecule has 1 saturated carbocycles. The third-order valence-electron chi connectivity index (χ3n) is 3.93. The van der Waals surface area contributed by atoms with Gasteiger partial charge in [-0.2, -0.15) is 0 Å². The van der Waals surface area contributed by atoms with Crippen LogP contribution in [0.3, 0.4) is 0 Å². The van der Waals surface area contributed by atoms with E-state index >= 15 is 0 Å². The van der Waals surface area contributed by atoms with Crippen LogP contribution in [0.4, 0.5) is 5.69 Å². The third kappa shape index (κ3) is 1.70. The second kappa shape index (κ2) is 4.50. The fourth-order valence-corrected chi connectivity index (χ4v) is 3.49. The molecule has 2 aliphatic rings. The first kappa shape index (κ1) is 11.9. The number of amides is 2. The van der Waals surface area contributed by atoms with Crippen molar-refractivity contribution in [1.82, 2.24) is 0 Å². The summed E-state index contributed by atoms with van der Waals surface area (Å²) in [4.78, 5) is 26.2. The van der Waals surface area contributed by atoms with Crippen molar-refractivity contribution < 1.29 is 9.59 Å². The van der Waals surface area contributed by atoms with Crippen molar-refractivity contribution in [3.8, 4) is 0 Å². The Morgan fingerprint density at radius 2 is 1.56 bits per heavy atom. The number of nitrogens with zero attached hydrogens (tertiary/aromatic N) is 1. The molecule has 0 radical (unpaired) electrons. The Morgan fingerprint density at radius 3 is 2.11 bits per heavy atom. The average molecular weight is 308 g/mol. The summed E-state index contributed by atoms with van der Waals surface area (Å²) in [7, 11) is 0. The number of carbonyl (C=O) groups excluding carboxylic acids is 2. The number of benzene rings is 1. The number of hydrogen-bond acceptors (Lipinski definition) is 2. The van der Waals surface area contributed by atoms with E-state index in [0.29, 0.717) is 5.69 Å². The Balaban J connectivity index is 2.00. The molecule has 1 saturated heterocycles. The number of carbonyl (C=O) groups is 2. The van der Waals surface area contributed by atoms with Gasteiger partial charge in [-0.25, -0.2) is 4.90 Å². The number of para-hydroxylation sites is 1. The van der Waals surface area contributed by atoms with Crippen LogP contribution in [0.15, 0.2) is 28.7 Å². The predicted octanol–water partition coefficient (Wildman–Crippen LogP) is 3.13. The number of anilines is 1. The number of fused-ring (bicyclic) bond motifs is 1. The topological polar surface area (TPSA) is 37.4 Å². The van der Waals surface area contributed by atoms with E-state index in [2.05, 4.69) is 15.9 Å². The Hall–Kier alpha value is -1.16. The van der Waals surface area contributed by atoms with Crippen LogP contribution in [0.2, 0.25) is 0 Å². The Morgan fingerprint density at radius 1 is 1.00 bits per heavy atom. The molecule has 0 spiro atoms. The molecule has 2 amide bonds. The summed E-state index contributed by atoms with van der Waals surface area (Å²) in [5, 5.41) is 0. The van der Waals surface area contributed by atoms with Crippen molar-refractivity contribution in [3.63, 3.8) is 0 Å². The lowest BCUT2D eigenvalue weighted by Crippen LogP contribution is -2.31. The van der Waals surface area contributed by atoms with Crippen LogP contribution in [0.1, 0.15) is 25.7 Å². The SMILES string of the molecule is O=C1C2CCCCC2C(=O)N1c1ccccc1Br. The van der Waals surface area contributed by atoms with Crippen LogP contribution in [-0.2, 0) is 9.59 Å². The van der Waals surface area contributed by atoms with Gasteiger partial charge in [-0.1, -0.05) is 25.0 Å². The summed E-state index contributed by atoms with van der Waals surface area (Å²) < 4.78 is 0.797. The van der Waals surface area contributed by atoms with E-state index in [0.717, 1.165) is 30.2 Å². The minimum Gasteiger partial charge on any atom is -0.274 e. The molecule has 2 unspecified atom stereocenters. The van der Waals surface area contributed by atoms with E-state index in [9.17, 15) is 9.59 Å². The van der Waals surface area contributed by atoms with E-state index in [4.69, 9.17) is 0 Å². The molecule has 3 nitrogen and oxygen atoms in total. The molecule has 0 bridgehead atoms. The Bertz CT molecular complexity index is 490. The minimum atomic E-state index is -0.0849. The van der Waals surface area contributed by atoms with Crippen LogP contribution < -0.4 is 4.90 Å². The van der Waals surface area contributed by atoms with Crippen molar-refractivity contribution in [1.29, 1.82) is 0 Å². The molecule has 2 fully saturated rings. The lowest BCUT2D eigenvalue weighted by molar-refractivity contribution is -0.122. The highest BCUT2D eigenvalue weighted by Gasteiger charge is 2.48. The van der Waals surface area contributed by atoms with Gasteiger partial charge in [0.25, 0.3) is 0 Å². The van der Waals surface area contributed by atoms with Crippen LogP contribution in [0, 0.1) is 11.8 Å². The summed E-state index contributed by atoms with van der Waals surface area (Å²) >= 11 is 3.41. The molecule has 2 atom stereocenters. The van der Waals surface area contributed by atoms with E-state index in [1.165, 1.54) is 4.90 Å². The van der Waals surface area contributed by atoms with Gasteiger partial charge >= 0.3 is 0 Å². The summed E-state index contributed by atoms with van der Waals surface area (Å²) in [6.07, 6.45) is 3.83. The predicted molar refractivity (Wildman–Crippen MR) is 72.1 cm³/mol. The number of halogens is 1. The maximum atomic E-state index is 12.4. The second-order valence-electron chi connectivity index (χ2n) is 4.96. The van der Waals surface area contributed by atoms with E-state index in [-0.39, 0.29) is 23.7 Å². The molecular formula is C14H14BrNO2. The van der Waals surface area contributed by atoms with E-state index in [1.807, 2.05) is 24.3 Å². The molecule has 1 aliphatic heterocycles. The summed E-state index contributed by atoms with van der Waals surface area (Å²) in [5.41, 5.74) is 0.682. The molecule has 3 rings (SSSR count). The Kier molecular flexibility index (Phi) is 2.98. The fraction of sp³-hybridized carbons (Fsp3) is 0.429. The first-order valence-electron chi connectivity index (χ1n) is 6.32. The van der Waals surface area contributed by atoms with Crippen molar-refractivity contribution in [3.05, 3.63) is 28.7 Å². The molecule has 4 heteroatoms. The molecule has 1 heterocycles. The molecule has 18 heavy (non-hydrogen) atoms. The monoisotopic (exact) mass is 307 g/mol. The van der Waals surface area contributed by atoms with Gasteiger partial charge < -0.3 is 0 Å². The zero-order chi connectivity index (χ0) is 12.7. The highest BCUT2D eigenvalue weighted by molar-refractivity contribution is 9.10. The first-order chi connectivity index (χ1) is 8.70. The third-order valence-corrected chi connectivity index (χ3v) is 4.61. The van der Waals surface area contributed by atoms with Gasteiger partial charge in [0, 0.05) is 4.47 Å². The van der Waals surface area contributed by atoms with Gasteiger partial charge in [-0.3, -0.25) is 9.59 Å². The highest BCUT2D eigenvalue weighted by Crippen LogP contribution is 2.41. The largest absolute Gasteiger partial charge is 0.274 e.